The summed E-state index contributed by atoms with van der Waals surface area (Å²) < 4.78 is 5.55. The fourth-order valence-electron chi connectivity index (χ4n) is 1.42. The van der Waals surface area contributed by atoms with E-state index in [0.717, 1.165) is 24.0 Å². The van der Waals surface area contributed by atoms with Gasteiger partial charge in [-0.1, -0.05) is 12.2 Å². The van der Waals surface area contributed by atoms with Crippen LogP contribution in [0.4, 0.5) is 0 Å². The maximum Gasteiger partial charge on any atom is 0.123 e. The van der Waals surface area contributed by atoms with Gasteiger partial charge in [0.2, 0.25) is 0 Å². The Morgan fingerprint density at radius 1 is 1.56 bits per heavy atom. The van der Waals surface area contributed by atoms with E-state index in [1.165, 1.54) is 12.8 Å². The lowest BCUT2D eigenvalue weighted by atomic mass is 10.3. The minimum Gasteiger partial charge on any atom is -0.489 e. The lowest BCUT2D eigenvalue weighted by Crippen LogP contribution is -2.16. The van der Waals surface area contributed by atoms with Crippen molar-refractivity contribution < 1.29 is 4.74 Å². The molecular formula is C13H18N2O. The second kappa shape index (κ2) is 5.66. The highest BCUT2D eigenvalue weighted by atomic mass is 16.5. The molecule has 0 saturated heterocycles. The van der Waals surface area contributed by atoms with Gasteiger partial charge in [-0.05, 0) is 25.8 Å². The van der Waals surface area contributed by atoms with E-state index >= 15 is 0 Å². The molecule has 16 heavy (non-hydrogen) atoms. The molecule has 1 aromatic heterocycles. The van der Waals surface area contributed by atoms with Crippen LogP contribution in [-0.4, -0.2) is 17.6 Å². The van der Waals surface area contributed by atoms with Crippen molar-refractivity contribution in [2.45, 2.75) is 32.4 Å². The molecule has 0 aliphatic heterocycles. The van der Waals surface area contributed by atoms with E-state index in [0.29, 0.717) is 6.61 Å². The number of hydrogen-bond acceptors (Lipinski definition) is 3. The van der Waals surface area contributed by atoms with Crippen LogP contribution in [0, 0.1) is 0 Å². The highest BCUT2D eigenvalue weighted by Crippen LogP contribution is 2.19. The van der Waals surface area contributed by atoms with Crippen LogP contribution < -0.4 is 10.1 Å². The van der Waals surface area contributed by atoms with Crippen LogP contribution in [0.2, 0.25) is 0 Å². The molecule has 0 amide bonds. The number of pyridine rings is 1. The normalized spacial score (nSPS) is 15.6. The zero-order chi connectivity index (χ0) is 11.2. The molecule has 0 atom stereocenters. The molecule has 0 radical (unpaired) electrons. The summed E-state index contributed by atoms with van der Waals surface area (Å²) >= 11 is 0. The fraction of sp³-hybridized carbons (Fsp3) is 0.462. The third kappa shape index (κ3) is 3.66. The largest absolute Gasteiger partial charge is 0.489 e. The van der Waals surface area contributed by atoms with Crippen molar-refractivity contribution in [1.82, 2.24) is 10.3 Å². The first-order valence-electron chi connectivity index (χ1n) is 5.81. The Balaban J connectivity index is 1.84. The van der Waals surface area contributed by atoms with E-state index in [9.17, 15) is 0 Å². The zero-order valence-electron chi connectivity index (χ0n) is 9.65. The third-order valence-corrected chi connectivity index (χ3v) is 2.52. The summed E-state index contributed by atoms with van der Waals surface area (Å²) in [5.74, 6) is 0.890. The first kappa shape index (κ1) is 11.1. The average molecular weight is 218 g/mol. The summed E-state index contributed by atoms with van der Waals surface area (Å²) in [6.45, 7) is 3.45. The van der Waals surface area contributed by atoms with Gasteiger partial charge in [0, 0.05) is 24.8 Å². The van der Waals surface area contributed by atoms with Crippen LogP contribution in [0.25, 0.3) is 0 Å². The van der Waals surface area contributed by atoms with Crippen LogP contribution in [0.15, 0.2) is 30.5 Å². The van der Waals surface area contributed by atoms with Gasteiger partial charge < -0.3 is 10.1 Å². The molecule has 86 valence electrons. The molecule has 3 nitrogen and oxygen atoms in total. The highest BCUT2D eigenvalue weighted by molar-refractivity contribution is 5.22. The van der Waals surface area contributed by atoms with E-state index in [1.54, 1.807) is 6.20 Å². The van der Waals surface area contributed by atoms with E-state index in [1.807, 2.05) is 31.2 Å². The number of hydrogen-bond donors (Lipinski definition) is 1. The molecule has 1 aromatic rings. The number of rotatable bonds is 6. The fourth-order valence-corrected chi connectivity index (χ4v) is 1.42. The van der Waals surface area contributed by atoms with Crippen molar-refractivity contribution in [2.24, 2.45) is 0 Å². The Hall–Kier alpha value is -1.35. The van der Waals surface area contributed by atoms with Crippen LogP contribution in [0.3, 0.4) is 0 Å². The monoisotopic (exact) mass is 218 g/mol. The minimum absolute atomic E-state index is 0.621. The molecule has 1 aliphatic rings. The topological polar surface area (TPSA) is 34.1 Å². The van der Waals surface area contributed by atoms with Gasteiger partial charge in [0.15, 0.2) is 0 Å². The van der Waals surface area contributed by atoms with Gasteiger partial charge in [-0.3, -0.25) is 4.98 Å². The number of nitrogens with zero attached hydrogens (tertiary/aromatic N) is 1. The van der Waals surface area contributed by atoms with E-state index in [2.05, 4.69) is 10.3 Å². The SMILES string of the molecule is CC=CCOc1ccnc(CNC2CC2)c1. The first-order valence-corrected chi connectivity index (χ1v) is 5.81. The Labute approximate surface area is 96.5 Å². The van der Waals surface area contributed by atoms with Gasteiger partial charge in [0.05, 0.1) is 5.69 Å². The van der Waals surface area contributed by atoms with Gasteiger partial charge >= 0.3 is 0 Å². The lowest BCUT2D eigenvalue weighted by Gasteiger charge is -2.06. The van der Waals surface area contributed by atoms with Crippen molar-refractivity contribution in [2.75, 3.05) is 6.61 Å². The molecular weight excluding hydrogens is 200 g/mol. The smallest absolute Gasteiger partial charge is 0.123 e. The van der Waals surface area contributed by atoms with Gasteiger partial charge in [-0.2, -0.15) is 0 Å². The quantitative estimate of drug-likeness (QED) is 0.744. The van der Waals surface area contributed by atoms with Crippen LogP contribution in [0.5, 0.6) is 5.75 Å². The van der Waals surface area contributed by atoms with Crippen LogP contribution in [-0.2, 0) is 6.54 Å². The molecule has 1 fully saturated rings. The predicted octanol–water partition coefficient (Wildman–Crippen LogP) is 2.29. The maximum absolute atomic E-state index is 5.55. The standard InChI is InChI=1S/C13H18N2O/c1-2-3-8-16-13-6-7-14-12(9-13)10-15-11-4-5-11/h2-3,6-7,9,11,15H,4-5,8,10H2,1H3. The number of allylic oxidation sites excluding steroid dienone is 1. The van der Waals surface area contributed by atoms with Crippen LogP contribution >= 0.6 is 0 Å². The Morgan fingerprint density at radius 3 is 3.19 bits per heavy atom. The van der Waals surface area contributed by atoms with Gasteiger partial charge in [-0.25, -0.2) is 0 Å². The van der Waals surface area contributed by atoms with Gasteiger partial charge in [0.1, 0.15) is 12.4 Å². The number of ether oxygens (including phenoxy) is 1. The van der Waals surface area contributed by atoms with Crippen molar-refractivity contribution >= 4 is 0 Å². The lowest BCUT2D eigenvalue weighted by molar-refractivity contribution is 0.361. The molecule has 0 bridgehead atoms. The molecule has 0 spiro atoms. The summed E-state index contributed by atoms with van der Waals surface area (Å²) in [6.07, 6.45) is 8.38. The molecule has 3 heteroatoms. The summed E-state index contributed by atoms with van der Waals surface area (Å²) in [6, 6.07) is 4.61. The van der Waals surface area contributed by atoms with Crippen molar-refractivity contribution in [3.63, 3.8) is 0 Å². The predicted molar refractivity (Wildman–Crippen MR) is 64.4 cm³/mol. The van der Waals surface area contributed by atoms with Crippen molar-refractivity contribution in [3.8, 4) is 5.75 Å². The molecule has 1 N–H and O–H groups in total. The minimum atomic E-state index is 0.621. The molecule has 1 saturated carbocycles. The Morgan fingerprint density at radius 2 is 2.44 bits per heavy atom. The molecule has 0 unspecified atom stereocenters. The summed E-state index contributed by atoms with van der Waals surface area (Å²) in [5.41, 5.74) is 1.05. The van der Waals surface area contributed by atoms with E-state index < -0.39 is 0 Å². The summed E-state index contributed by atoms with van der Waals surface area (Å²) in [7, 11) is 0. The third-order valence-electron chi connectivity index (χ3n) is 2.52. The van der Waals surface area contributed by atoms with Crippen molar-refractivity contribution in [1.29, 1.82) is 0 Å². The Bertz CT molecular complexity index is 359. The van der Waals surface area contributed by atoms with Gasteiger partial charge in [-0.15, -0.1) is 0 Å². The molecule has 1 aliphatic carbocycles. The average Bonchev–Trinajstić information content (AvgIpc) is 3.11. The van der Waals surface area contributed by atoms with Crippen LogP contribution in [0.1, 0.15) is 25.5 Å². The molecule has 1 heterocycles. The number of aromatic nitrogens is 1. The van der Waals surface area contributed by atoms with Gasteiger partial charge in [0.25, 0.3) is 0 Å². The number of nitrogens with one attached hydrogen (secondary N) is 1. The second-order valence-corrected chi connectivity index (χ2v) is 4.02. The summed E-state index contributed by atoms with van der Waals surface area (Å²) in [4.78, 5) is 4.31. The van der Waals surface area contributed by atoms with E-state index in [4.69, 9.17) is 4.74 Å². The first-order chi connectivity index (χ1) is 7.88. The highest BCUT2D eigenvalue weighted by Gasteiger charge is 2.20. The summed E-state index contributed by atoms with van der Waals surface area (Å²) in [5, 5.41) is 3.44. The zero-order valence-corrected chi connectivity index (χ0v) is 9.65. The maximum atomic E-state index is 5.55. The molecule has 0 aromatic carbocycles. The second-order valence-electron chi connectivity index (χ2n) is 4.02. The van der Waals surface area contributed by atoms with Crippen molar-refractivity contribution in [3.05, 3.63) is 36.2 Å². The van der Waals surface area contributed by atoms with E-state index in [-0.39, 0.29) is 0 Å². The Kier molecular flexibility index (Phi) is 3.94. The molecule has 2 rings (SSSR count).